The van der Waals surface area contributed by atoms with Crippen LogP contribution in [0.5, 0.6) is 5.75 Å². The van der Waals surface area contributed by atoms with Crippen molar-refractivity contribution < 1.29 is 36.7 Å². The van der Waals surface area contributed by atoms with Crippen LogP contribution in [0, 0.1) is 5.82 Å². The second-order valence-electron chi connectivity index (χ2n) is 10.7. The van der Waals surface area contributed by atoms with Gasteiger partial charge < -0.3 is 20.7 Å². The molecule has 5 aromatic carbocycles. The molecule has 0 unspecified atom stereocenters. The third-order valence-corrected chi connectivity index (χ3v) is 7.46. The van der Waals surface area contributed by atoms with Crippen molar-refractivity contribution in [2.24, 2.45) is 0 Å². The van der Waals surface area contributed by atoms with E-state index in [1.54, 1.807) is 66.7 Å². The summed E-state index contributed by atoms with van der Waals surface area (Å²) in [6.45, 7) is 0.114. The summed E-state index contributed by atoms with van der Waals surface area (Å²) in [4.78, 5) is 40.1. The number of hydrogen-bond acceptors (Lipinski definition) is 4. The summed E-state index contributed by atoms with van der Waals surface area (Å²) in [6, 6.07) is 28.6. The topological polar surface area (TPSA) is 96.5 Å². The van der Waals surface area contributed by atoms with Crippen LogP contribution in [0.25, 0.3) is 11.1 Å². The van der Waals surface area contributed by atoms with E-state index in [-0.39, 0.29) is 29.1 Å². The molecule has 1 atom stereocenters. The Bertz CT molecular complexity index is 1910. The molecular weight excluding hydrogens is 626 g/mol. The lowest BCUT2D eigenvalue weighted by Crippen LogP contribution is -2.40. The Hall–Kier alpha value is -5.97. The highest BCUT2D eigenvalue weighted by Gasteiger charge is 2.30. The van der Waals surface area contributed by atoms with Gasteiger partial charge in [-0.15, -0.1) is 0 Å². The van der Waals surface area contributed by atoms with Gasteiger partial charge in [0.25, 0.3) is 11.8 Å². The van der Waals surface area contributed by atoms with Gasteiger partial charge in [-0.05, 0) is 70.8 Å². The number of carbonyl (C=O) groups is 3. The summed E-state index contributed by atoms with van der Waals surface area (Å²) < 4.78 is 58.0. The molecule has 3 N–H and O–H groups in total. The normalized spacial score (nSPS) is 11.7. The molecule has 0 saturated heterocycles. The molecule has 0 radical (unpaired) electrons. The number of rotatable bonds is 10. The highest BCUT2D eigenvalue weighted by Crippen LogP contribution is 2.33. The lowest BCUT2D eigenvalue weighted by Gasteiger charge is -2.20. The zero-order valence-corrected chi connectivity index (χ0v) is 25.5. The van der Waals surface area contributed by atoms with Crippen molar-refractivity contribution >= 4 is 23.4 Å². The van der Waals surface area contributed by atoms with E-state index in [0.29, 0.717) is 22.3 Å². The summed E-state index contributed by atoms with van der Waals surface area (Å²) in [6.07, 6.45) is -4.49. The number of ether oxygens (including phenoxy) is 1. The van der Waals surface area contributed by atoms with Gasteiger partial charge in [-0.3, -0.25) is 14.4 Å². The van der Waals surface area contributed by atoms with E-state index in [1.807, 2.05) is 0 Å². The van der Waals surface area contributed by atoms with Gasteiger partial charge >= 0.3 is 6.18 Å². The number of nitrogens with one attached hydrogen (secondary N) is 3. The van der Waals surface area contributed by atoms with E-state index in [9.17, 15) is 31.9 Å². The minimum absolute atomic E-state index is 0.114. The van der Waals surface area contributed by atoms with Gasteiger partial charge in [-0.2, -0.15) is 13.2 Å². The summed E-state index contributed by atoms with van der Waals surface area (Å²) in [5.74, 6) is -1.88. The van der Waals surface area contributed by atoms with Crippen molar-refractivity contribution in [2.45, 2.75) is 18.8 Å². The average Bonchev–Trinajstić information content (AvgIpc) is 3.10. The average molecular weight is 656 g/mol. The Balaban J connectivity index is 1.33. The largest absolute Gasteiger partial charge is 0.495 e. The fourth-order valence-electron chi connectivity index (χ4n) is 4.95. The smallest absolute Gasteiger partial charge is 0.416 e. The van der Waals surface area contributed by atoms with Crippen LogP contribution in [-0.4, -0.2) is 24.8 Å². The molecule has 0 bridgehead atoms. The van der Waals surface area contributed by atoms with Crippen molar-refractivity contribution in [1.29, 1.82) is 0 Å². The minimum Gasteiger partial charge on any atom is -0.495 e. The highest BCUT2D eigenvalue weighted by atomic mass is 19.4. The Labute approximate surface area is 273 Å². The van der Waals surface area contributed by atoms with Gasteiger partial charge in [-0.25, -0.2) is 4.39 Å². The van der Waals surface area contributed by atoms with Crippen LogP contribution in [0.1, 0.15) is 43.4 Å². The molecule has 0 aliphatic heterocycles. The SMILES string of the molecule is COc1cc(C(=O)N[C@H](C(=O)NCc2ccc(F)cc2)c2ccccc2)ccc1NC(=O)c1ccccc1-c1ccc(C(F)(F)F)cc1. The number of methoxy groups -OCH3 is 1. The molecular formula is C37H29F4N3O4. The molecule has 5 rings (SSSR count). The van der Waals surface area contributed by atoms with Crippen LogP contribution < -0.4 is 20.7 Å². The number of alkyl halides is 3. The predicted octanol–water partition coefficient (Wildman–Crippen LogP) is 7.56. The first-order valence-electron chi connectivity index (χ1n) is 14.7. The second-order valence-corrected chi connectivity index (χ2v) is 10.7. The molecule has 0 aliphatic rings. The Morgan fingerprint density at radius 3 is 2.10 bits per heavy atom. The minimum atomic E-state index is -4.49. The highest BCUT2D eigenvalue weighted by molar-refractivity contribution is 6.09. The molecule has 0 aliphatic carbocycles. The lowest BCUT2D eigenvalue weighted by molar-refractivity contribution is -0.137. The fourth-order valence-corrected chi connectivity index (χ4v) is 4.95. The van der Waals surface area contributed by atoms with Gasteiger partial charge in [0.2, 0.25) is 5.91 Å². The van der Waals surface area contributed by atoms with Crippen LogP contribution in [0.4, 0.5) is 23.2 Å². The van der Waals surface area contributed by atoms with Crippen LogP contribution in [0.3, 0.4) is 0 Å². The molecule has 48 heavy (non-hydrogen) atoms. The van der Waals surface area contributed by atoms with Crippen molar-refractivity contribution in [3.63, 3.8) is 0 Å². The number of halogens is 4. The Kier molecular flexibility index (Phi) is 10.2. The maximum Gasteiger partial charge on any atom is 0.416 e. The quantitative estimate of drug-likeness (QED) is 0.135. The number of anilines is 1. The van der Waals surface area contributed by atoms with E-state index in [4.69, 9.17) is 4.74 Å². The van der Waals surface area contributed by atoms with Crippen LogP contribution in [0.15, 0.2) is 121 Å². The Morgan fingerprint density at radius 2 is 1.44 bits per heavy atom. The molecule has 0 saturated carbocycles. The number of hydrogen-bond donors (Lipinski definition) is 3. The molecule has 0 heterocycles. The van der Waals surface area contributed by atoms with E-state index in [2.05, 4.69) is 16.0 Å². The first-order chi connectivity index (χ1) is 23.0. The van der Waals surface area contributed by atoms with Crippen molar-refractivity contribution in [3.8, 4) is 16.9 Å². The van der Waals surface area contributed by atoms with E-state index in [1.165, 1.54) is 49.6 Å². The van der Waals surface area contributed by atoms with E-state index in [0.717, 1.165) is 12.1 Å². The molecule has 0 spiro atoms. The zero-order valence-electron chi connectivity index (χ0n) is 25.5. The monoisotopic (exact) mass is 655 g/mol. The third kappa shape index (κ3) is 8.05. The summed E-state index contributed by atoms with van der Waals surface area (Å²) in [5, 5.41) is 8.26. The van der Waals surface area contributed by atoms with Gasteiger partial charge in [0.15, 0.2) is 0 Å². The third-order valence-electron chi connectivity index (χ3n) is 7.46. The van der Waals surface area contributed by atoms with Gasteiger partial charge in [0.1, 0.15) is 17.6 Å². The first-order valence-corrected chi connectivity index (χ1v) is 14.7. The van der Waals surface area contributed by atoms with Crippen LogP contribution in [-0.2, 0) is 17.5 Å². The zero-order chi connectivity index (χ0) is 34.3. The predicted molar refractivity (Wildman–Crippen MR) is 173 cm³/mol. The number of benzene rings is 5. The number of carbonyl (C=O) groups excluding carboxylic acids is 3. The van der Waals surface area contributed by atoms with Crippen LogP contribution in [0.2, 0.25) is 0 Å². The molecule has 7 nitrogen and oxygen atoms in total. The van der Waals surface area contributed by atoms with E-state index < -0.39 is 41.3 Å². The summed E-state index contributed by atoms with van der Waals surface area (Å²) >= 11 is 0. The molecule has 244 valence electrons. The van der Waals surface area contributed by atoms with Crippen molar-refractivity contribution in [1.82, 2.24) is 10.6 Å². The molecule has 3 amide bonds. The van der Waals surface area contributed by atoms with Crippen molar-refractivity contribution in [2.75, 3.05) is 12.4 Å². The Morgan fingerprint density at radius 1 is 0.771 bits per heavy atom. The second kappa shape index (κ2) is 14.6. The fraction of sp³-hybridized carbons (Fsp3) is 0.108. The first kappa shape index (κ1) is 33.4. The molecule has 0 aromatic heterocycles. The molecule has 0 fully saturated rings. The van der Waals surface area contributed by atoms with Gasteiger partial charge in [0, 0.05) is 17.7 Å². The molecule has 11 heteroatoms. The molecule has 5 aromatic rings. The lowest BCUT2D eigenvalue weighted by atomic mass is 9.98. The maximum absolute atomic E-state index is 13.4. The van der Waals surface area contributed by atoms with Gasteiger partial charge in [-0.1, -0.05) is 72.8 Å². The maximum atomic E-state index is 13.4. The summed E-state index contributed by atoms with van der Waals surface area (Å²) in [5.41, 5.74) is 1.82. The number of amides is 3. The van der Waals surface area contributed by atoms with Gasteiger partial charge in [0.05, 0.1) is 18.4 Å². The van der Waals surface area contributed by atoms with Crippen molar-refractivity contribution in [3.05, 3.63) is 155 Å². The standard InChI is InChI=1S/C37H29F4N3O4/c1-48-32-21-26(34(45)44-33(25-7-3-2-4-8-25)36(47)42-22-23-11-18-28(38)19-12-23)15-20-31(32)43-35(46)30-10-6-5-9-29(30)24-13-16-27(17-14-24)37(39,40)41/h2-21,33H,22H2,1H3,(H,42,47)(H,43,46)(H,44,45)/t33-/m0/s1. The van der Waals surface area contributed by atoms with E-state index >= 15 is 0 Å². The summed E-state index contributed by atoms with van der Waals surface area (Å²) in [7, 11) is 1.36. The van der Waals surface area contributed by atoms with Crippen LogP contribution >= 0.6 is 0 Å².